The summed E-state index contributed by atoms with van der Waals surface area (Å²) in [5.41, 5.74) is 3.16. The Morgan fingerprint density at radius 1 is 1.25 bits per heavy atom. The number of nitrogens with one attached hydrogen (secondary N) is 1. The fraction of sp³-hybridized carbons (Fsp3) is 0.480. The summed E-state index contributed by atoms with van der Waals surface area (Å²) in [6.45, 7) is 0.287. The van der Waals surface area contributed by atoms with Crippen molar-refractivity contribution in [2.24, 2.45) is 15.9 Å². The van der Waals surface area contributed by atoms with Gasteiger partial charge in [-0.05, 0) is 43.2 Å². The van der Waals surface area contributed by atoms with Crippen LogP contribution in [0.1, 0.15) is 32.1 Å². The predicted molar refractivity (Wildman–Crippen MR) is 139 cm³/mol. The molecular weight excluding hydrogens is 551 g/mol. The molecule has 0 radical (unpaired) electrons. The number of likely N-dealkylation sites (tertiary alicyclic amines) is 1. The third kappa shape index (κ3) is 5.87. The molecule has 3 aliphatic rings. The molecule has 1 aromatic rings. The summed E-state index contributed by atoms with van der Waals surface area (Å²) in [6, 6.07) is 7.98. The molecule has 2 fully saturated rings. The van der Waals surface area contributed by atoms with E-state index in [0.29, 0.717) is 11.4 Å². The van der Waals surface area contributed by atoms with Crippen LogP contribution in [0, 0.1) is 17.2 Å². The third-order valence-electron chi connectivity index (χ3n) is 7.16. The van der Waals surface area contributed by atoms with Crippen LogP contribution in [0.15, 0.2) is 50.9 Å². The number of dihydropyridines is 1. The first-order chi connectivity index (χ1) is 18.8. The lowest BCUT2D eigenvalue weighted by molar-refractivity contribution is -0.150. The Morgan fingerprint density at radius 3 is 2.48 bits per heavy atom. The molecule has 1 N–H and O–H groups in total. The first-order valence-corrected chi connectivity index (χ1v) is 13.9. The number of fused-ring (bicyclic) bond motifs is 1. The number of nitrogens with zero attached hydrogens (tertiary/aromatic N) is 6. The van der Waals surface area contributed by atoms with Crippen molar-refractivity contribution in [3.63, 3.8) is 0 Å². The van der Waals surface area contributed by atoms with E-state index in [1.807, 2.05) is 0 Å². The minimum Gasteiger partial charge on any atom is -0.343 e. The Bertz CT molecular complexity index is 1400. The number of allylic oxidation sites excluding steroid dienone is 1. The number of carbonyl (C=O) groups is 2. The zero-order valence-corrected chi connectivity index (χ0v) is 22.7. The number of hydrazine groups is 1. The van der Waals surface area contributed by atoms with E-state index in [1.165, 1.54) is 49.5 Å². The number of piperidine rings is 1. The first-order valence-electron chi connectivity index (χ1n) is 12.4. The SMILES string of the molecule is CN(C)S(=O)(=O)c1ccc(N=C2NN(C3(CC#N)CCN(C(=O)CCC(F)(F)F)CC3)C3=CC=NC(=O)C32)cc1. The van der Waals surface area contributed by atoms with Gasteiger partial charge in [-0.1, -0.05) is 0 Å². The topological polar surface area (TPSA) is 139 Å². The maximum atomic E-state index is 12.8. The molecule has 0 spiro atoms. The highest BCUT2D eigenvalue weighted by atomic mass is 32.2. The number of amides is 2. The summed E-state index contributed by atoms with van der Waals surface area (Å²) >= 11 is 0. The van der Waals surface area contributed by atoms with E-state index in [-0.39, 0.29) is 43.1 Å². The Kier molecular flexibility index (Phi) is 8.04. The number of rotatable bonds is 7. The van der Waals surface area contributed by atoms with Gasteiger partial charge in [-0.3, -0.25) is 20.0 Å². The molecule has 2 saturated heterocycles. The van der Waals surface area contributed by atoms with E-state index in [0.717, 1.165) is 4.31 Å². The summed E-state index contributed by atoms with van der Waals surface area (Å²) < 4.78 is 63.6. The van der Waals surface area contributed by atoms with Crippen molar-refractivity contribution in [2.45, 2.75) is 48.7 Å². The molecule has 1 aromatic carbocycles. The quantitative estimate of drug-likeness (QED) is 0.524. The maximum absolute atomic E-state index is 12.8. The van der Waals surface area contributed by atoms with Gasteiger partial charge in [0.1, 0.15) is 11.8 Å². The minimum absolute atomic E-state index is 0.0182. The molecule has 15 heteroatoms. The van der Waals surface area contributed by atoms with Gasteiger partial charge in [0.05, 0.1) is 40.7 Å². The molecule has 4 rings (SSSR count). The number of amidine groups is 1. The van der Waals surface area contributed by atoms with Gasteiger partial charge in [0.2, 0.25) is 15.9 Å². The number of halogens is 3. The fourth-order valence-corrected chi connectivity index (χ4v) is 5.82. The molecule has 0 aromatic heterocycles. The molecule has 11 nitrogen and oxygen atoms in total. The molecule has 3 aliphatic heterocycles. The third-order valence-corrected chi connectivity index (χ3v) is 8.99. The molecular formula is C25H28F3N7O4S. The fourth-order valence-electron chi connectivity index (χ4n) is 4.92. The van der Waals surface area contributed by atoms with Gasteiger partial charge in [0.25, 0.3) is 5.91 Å². The van der Waals surface area contributed by atoms with Crippen molar-refractivity contribution in [3.8, 4) is 6.07 Å². The number of nitriles is 1. The minimum atomic E-state index is -4.43. The van der Waals surface area contributed by atoms with Crippen molar-refractivity contribution < 1.29 is 31.2 Å². The van der Waals surface area contributed by atoms with Crippen LogP contribution in [-0.2, 0) is 19.6 Å². The number of sulfonamides is 1. The van der Waals surface area contributed by atoms with Crippen molar-refractivity contribution in [1.29, 1.82) is 5.26 Å². The lowest BCUT2D eigenvalue weighted by atomic mass is 9.83. The van der Waals surface area contributed by atoms with Crippen LogP contribution in [-0.4, -0.2) is 85.4 Å². The number of hydrogen-bond donors (Lipinski definition) is 1. The normalized spacial score (nSPS) is 21.7. The molecule has 2 amide bonds. The van der Waals surface area contributed by atoms with E-state index in [1.54, 1.807) is 11.1 Å². The van der Waals surface area contributed by atoms with E-state index in [2.05, 4.69) is 21.5 Å². The molecule has 0 aliphatic carbocycles. The van der Waals surface area contributed by atoms with Gasteiger partial charge in [0.15, 0.2) is 0 Å². The number of carbonyl (C=O) groups excluding carboxylic acids is 2. The molecule has 40 heavy (non-hydrogen) atoms. The molecule has 3 heterocycles. The Morgan fingerprint density at radius 2 is 1.90 bits per heavy atom. The van der Waals surface area contributed by atoms with Crippen molar-refractivity contribution in [2.75, 3.05) is 27.2 Å². The highest BCUT2D eigenvalue weighted by Crippen LogP contribution is 2.40. The zero-order chi connectivity index (χ0) is 29.3. The lowest BCUT2D eigenvalue weighted by Crippen LogP contribution is -2.58. The molecule has 1 unspecified atom stereocenters. The van der Waals surface area contributed by atoms with Crippen LogP contribution in [0.25, 0.3) is 0 Å². The largest absolute Gasteiger partial charge is 0.389 e. The van der Waals surface area contributed by atoms with Gasteiger partial charge in [-0.15, -0.1) is 0 Å². The van der Waals surface area contributed by atoms with Crippen molar-refractivity contribution >= 4 is 39.6 Å². The molecule has 1 atom stereocenters. The zero-order valence-electron chi connectivity index (χ0n) is 21.8. The van der Waals surface area contributed by atoms with Crippen LogP contribution < -0.4 is 5.43 Å². The van der Waals surface area contributed by atoms with Gasteiger partial charge >= 0.3 is 6.18 Å². The Balaban J connectivity index is 1.59. The number of aliphatic imine (C=N–C) groups is 2. The maximum Gasteiger partial charge on any atom is 0.389 e. The van der Waals surface area contributed by atoms with E-state index >= 15 is 0 Å². The van der Waals surface area contributed by atoms with E-state index < -0.39 is 52.3 Å². The van der Waals surface area contributed by atoms with Crippen molar-refractivity contribution in [1.82, 2.24) is 19.6 Å². The summed E-state index contributed by atoms with van der Waals surface area (Å²) in [5, 5.41) is 11.4. The summed E-state index contributed by atoms with van der Waals surface area (Å²) in [5.74, 6) is -1.74. The predicted octanol–water partition coefficient (Wildman–Crippen LogP) is 2.52. The van der Waals surface area contributed by atoms with Crippen molar-refractivity contribution in [3.05, 3.63) is 36.0 Å². The number of benzene rings is 1. The molecule has 0 saturated carbocycles. The number of hydrogen-bond acceptors (Lipinski definition) is 7. The highest BCUT2D eigenvalue weighted by Gasteiger charge is 2.50. The standard InChI is InChI=1S/C25H28F3N7O4S/c1-33(2)40(38,39)18-5-3-17(4-6-18)31-22-21-19(8-14-30-23(21)37)35(32-22)24(10-13-29)11-15-34(16-12-24)20(36)7-9-25(26,27)28/h3-6,8,14,21H,7,9-12,15-16H2,1-2H3,(H,31,32). The second-order valence-electron chi connectivity index (χ2n) is 9.92. The van der Waals surface area contributed by atoms with Crippen LogP contribution >= 0.6 is 0 Å². The highest BCUT2D eigenvalue weighted by molar-refractivity contribution is 7.89. The molecule has 214 valence electrons. The van der Waals surface area contributed by atoms with E-state index in [9.17, 15) is 36.4 Å². The molecule has 0 bridgehead atoms. The van der Waals surface area contributed by atoms with E-state index in [4.69, 9.17) is 0 Å². The first kappa shape index (κ1) is 29.2. The summed E-state index contributed by atoms with van der Waals surface area (Å²) in [4.78, 5) is 35.1. The van der Waals surface area contributed by atoms with Gasteiger partial charge in [0, 0.05) is 39.8 Å². The lowest BCUT2D eigenvalue weighted by Gasteiger charge is -2.47. The monoisotopic (exact) mass is 579 g/mol. The summed E-state index contributed by atoms with van der Waals surface area (Å²) in [6.07, 6.45) is -2.72. The van der Waals surface area contributed by atoms with Crippen LogP contribution in [0.5, 0.6) is 0 Å². The average molecular weight is 580 g/mol. The smallest absolute Gasteiger partial charge is 0.343 e. The Labute approximate surface area is 229 Å². The second-order valence-corrected chi connectivity index (χ2v) is 12.1. The second kappa shape index (κ2) is 11.0. The average Bonchev–Trinajstić information content (AvgIpc) is 3.28. The summed E-state index contributed by atoms with van der Waals surface area (Å²) in [7, 11) is -0.803. The Hall–Kier alpha value is -3.77. The van der Waals surface area contributed by atoms with Crippen LogP contribution in [0.3, 0.4) is 0 Å². The van der Waals surface area contributed by atoms with Crippen LogP contribution in [0.2, 0.25) is 0 Å². The number of alkyl halides is 3. The van der Waals surface area contributed by atoms with Gasteiger partial charge in [-0.25, -0.2) is 22.7 Å². The van der Waals surface area contributed by atoms with Gasteiger partial charge in [-0.2, -0.15) is 18.4 Å². The van der Waals surface area contributed by atoms with Crippen LogP contribution in [0.4, 0.5) is 18.9 Å². The van der Waals surface area contributed by atoms with Gasteiger partial charge < -0.3 is 4.90 Å².